The third kappa shape index (κ3) is 3.84. The van der Waals surface area contributed by atoms with Gasteiger partial charge in [-0.25, -0.2) is 4.99 Å². The van der Waals surface area contributed by atoms with E-state index in [0.717, 1.165) is 11.8 Å². The van der Waals surface area contributed by atoms with Crippen LogP contribution in [-0.4, -0.2) is 37.4 Å². The van der Waals surface area contributed by atoms with Gasteiger partial charge in [0.05, 0.1) is 11.3 Å². The number of benzene rings is 2. The number of hydrogen-bond donors (Lipinski definition) is 1. The van der Waals surface area contributed by atoms with Crippen molar-refractivity contribution in [3.8, 4) is 0 Å². The van der Waals surface area contributed by atoms with Gasteiger partial charge in [0, 0.05) is 37.0 Å². The lowest BCUT2D eigenvalue weighted by atomic mass is 9.89. The van der Waals surface area contributed by atoms with Crippen LogP contribution in [0.25, 0.3) is 0 Å². The Morgan fingerprint density at radius 3 is 2.22 bits per heavy atom. The third-order valence-electron chi connectivity index (χ3n) is 4.16. The largest absolute Gasteiger partial charge is 0.378 e. The second-order valence-electron chi connectivity index (χ2n) is 6.36. The van der Waals surface area contributed by atoms with Crippen LogP contribution in [0.15, 0.2) is 65.2 Å². The number of carbonyl (C=O) groups is 3. The van der Waals surface area contributed by atoms with E-state index in [1.165, 1.54) is 0 Å². The zero-order valence-corrected chi connectivity index (χ0v) is 15.3. The van der Waals surface area contributed by atoms with Crippen molar-refractivity contribution >= 4 is 34.7 Å². The predicted molar refractivity (Wildman–Crippen MR) is 105 cm³/mol. The third-order valence-corrected chi connectivity index (χ3v) is 4.16. The van der Waals surface area contributed by atoms with Crippen LogP contribution in [-0.2, 0) is 4.79 Å². The first kappa shape index (κ1) is 18.3. The van der Waals surface area contributed by atoms with E-state index in [1.807, 2.05) is 43.3 Å². The molecule has 2 aromatic rings. The van der Waals surface area contributed by atoms with Crippen LogP contribution in [0.3, 0.4) is 0 Å². The van der Waals surface area contributed by atoms with E-state index in [9.17, 15) is 14.4 Å². The highest BCUT2D eigenvalue weighted by Gasteiger charge is 2.29. The summed E-state index contributed by atoms with van der Waals surface area (Å²) in [5, 5.41) is 2.58. The van der Waals surface area contributed by atoms with Crippen molar-refractivity contribution in [1.29, 1.82) is 0 Å². The molecule has 0 unspecified atom stereocenters. The average molecular weight is 361 g/mol. The molecule has 0 bridgehead atoms. The molecular formula is C21H19N3O3. The van der Waals surface area contributed by atoms with Crippen molar-refractivity contribution in [2.24, 2.45) is 4.99 Å². The van der Waals surface area contributed by atoms with Gasteiger partial charge >= 0.3 is 0 Å². The first-order valence-electron chi connectivity index (χ1n) is 8.40. The molecule has 2 aromatic carbocycles. The Balaban J connectivity index is 1.77. The van der Waals surface area contributed by atoms with E-state index in [0.29, 0.717) is 17.1 Å². The summed E-state index contributed by atoms with van der Waals surface area (Å²) < 4.78 is 0. The number of allylic oxidation sites excluding steroid dienone is 1. The molecule has 0 heterocycles. The summed E-state index contributed by atoms with van der Waals surface area (Å²) in [4.78, 5) is 43.4. The van der Waals surface area contributed by atoms with Gasteiger partial charge in [0.1, 0.15) is 5.84 Å². The Morgan fingerprint density at radius 1 is 0.963 bits per heavy atom. The molecule has 0 radical (unpaired) electrons. The van der Waals surface area contributed by atoms with Crippen LogP contribution in [0.1, 0.15) is 27.6 Å². The van der Waals surface area contributed by atoms with Crippen molar-refractivity contribution in [3.05, 3.63) is 71.3 Å². The maximum atomic E-state index is 12.5. The fourth-order valence-electron chi connectivity index (χ4n) is 2.76. The second-order valence-corrected chi connectivity index (χ2v) is 6.36. The minimum Gasteiger partial charge on any atom is -0.378 e. The van der Waals surface area contributed by atoms with Gasteiger partial charge in [-0.05, 0) is 31.2 Å². The first-order chi connectivity index (χ1) is 12.9. The zero-order valence-electron chi connectivity index (χ0n) is 15.3. The number of amides is 1. The van der Waals surface area contributed by atoms with E-state index in [1.54, 1.807) is 31.2 Å². The monoisotopic (exact) mass is 361 g/mol. The van der Waals surface area contributed by atoms with E-state index in [2.05, 4.69) is 10.3 Å². The van der Waals surface area contributed by atoms with E-state index >= 15 is 0 Å². The van der Waals surface area contributed by atoms with Gasteiger partial charge in [-0.1, -0.05) is 24.3 Å². The summed E-state index contributed by atoms with van der Waals surface area (Å²) in [5.41, 5.74) is 2.07. The van der Waals surface area contributed by atoms with Crippen LogP contribution in [0.4, 0.5) is 11.4 Å². The highest BCUT2D eigenvalue weighted by atomic mass is 16.2. The molecule has 27 heavy (non-hydrogen) atoms. The molecule has 0 spiro atoms. The number of aliphatic imine (C=N–C) groups is 1. The normalized spacial score (nSPS) is 13.7. The number of ketones is 2. The summed E-state index contributed by atoms with van der Waals surface area (Å²) >= 11 is 0. The average Bonchev–Trinajstić information content (AvgIpc) is 2.65. The number of rotatable bonds is 3. The van der Waals surface area contributed by atoms with Gasteiger partial charge in [-0.3, -0.25) is 14.4 Å². The number of fused-ring (bicyclic) bond motifs is 1. The Kier molecular flexibility index (Phi) is 4.98. The molecular weight excluding hydrogens is 342 g/mol. The molecule has 0 saturated carbocycles. The molecule has 0 aromatic heterocycles. The molecule has 0 fully saturated rings. The highest BCUT2D eigenvalue weighted by Crippen LogP contribution is 2.21. The molecule has 0 atom stereocenters. The maximum Gasteiger partial charge on any atom is 0.260 e. The molecule has 136 valence electrons. The number of nitrogens with one attached hydrogen (secondary N) is 1. The van der Waals surface area contributed by atoms with Crippen LogP contribution >= 0.6 is 0 Å². The van der Waals surface area contributed by atoms with Crippen molar-refractivity contribution in [2.45, 2.75) is 6.92 Å². The van der Waals surface area contributed by atoms with Gasteiger partial charge in [0.25, 0.3) is 5.91 Å². The van der Waals surface area contributed by atoms with Crippen LogP contribution in [0.5, 0.6) is 0 Å². The van der Waals surface area contributed by atoms with Gasteiger partial charge < -0.3 is 10.2 Å². The Hall–Kier alpha value is -3.54. The quantitative estimate of drug-likeness (QED) is 0.518. The molecule has 1 aliphatic carbocycles. The van der Waals surface area contributed by atoms with Crippen molar-refractivity contribution in [3.63, 3.8) is 0 Å². The van der Waals surface area contributed by atoms with Crippen LogP contribution < -0.4 is 10.2 Å². The van der Waals surface area contributed by atoms with Gasteiger partial charge in [-0.2, -0.15) is 0 Å². The predicted octanol–water partition coefficient (Wildman–Crippen LogP) is 2.92. The summed E-state index contributed by atoms with van der Waals surface area (Å²) in [7, 11) is 3.89. The standard InChI is InChI=1S/C21H19N3O3/c1-13(22-14-8-10-15(11-9-14)24(2)3)23-21(27)18-12-19(25)16-6-4-5-7-17(16)20(18)26/h4-12H,1-3H3,(H,22,23,27). The first-order valence-corrected chi connectivity index (χ1v) is 8.40. The number of nitrogens with zero attached hydrogens (tertiary/aromatic N) is 2. The minimum atomic E-state index is -0.644. The number of amidine groups is 1. The van der Waals surface area contributed by atoms with E-state index < -0.39 is 11.7 Å². The summed E-state index contributed by atoms with van der Waals surface area (Å²) in [5.74, 6) is -1.14. The van der Waals surface area contributed by atoms with Gasteiger partial charge in [0.2, 0.25) is 0 Å². The fourth-order valence-corrected chi connectivity index (χ4v) is 2.76. The Morgan fingerprint density at radius 2 is 1.59 bits per heavy atom. The van der Waals surface area contributed by atoms with Crippen LogP contribution in [0, 0.1) is 0 Å². The Bertz CT molecular complexity index is 986. The minimum absolute atomic E-state index is 0.184. The number of anilines is 1. The summed E-state index contributed by atoms with van der Waals surface area (Å²) in [6.07, 6.45) is 1.08. The lowest BCUT2D eigenvalue weighted by Gasteiger charge is -2.14. The van der Waals surface area contributed by atoms with Crippen molar-refractivity contribution in [2.75, 3.05) is 19.0 Å². The maximum absolute atomic E-state index is 12.5. The van der Waals surface area contributed by atoms with Gasteiger partial charge in [0.15, 0.2) is 11.6 Å². The smallest absolute Gasteiger partial charge is 0.260 e. The van der Waals surface area contributed by atoms with E-state index in [4.69, 9.17) is 0 Å². The molecule has 1 aliphatic rings. The number of Topliss-reactive ketones (excluding diaryl/α,β-unsaturated/α-hetero) is 1. The lowest BCUT2D eigenvalue weighted by Crippen LogP contribution is -2.34. The zero-order chi connectivity index (χ0) is 19.6. The fraction of sp³-hybridized carbons (Fsp3) is 0.143. The van der Waals surface area contributed by atoms with E-state index in [-0.39, 0.29) is 16.9 Å². The molecule has 3 rings (SSSR count). The molecule has 1 N–H and O–H groups in total. The molecule has 0 saturated heterocycles. The lowest BCUT2D eigenvalue weighted by molar-refractivity contribution is -0.115. The molecule has 0 aliphatic heterocycles. The Labute approximate surface area is 157 Å². The number of carbonyl (C=O) groups excluding carboxylic acids is 3. The topological polar surface area (TPSA) is 78.8 Å². The summed E-state index contributed by atoms with van der Waals surface area (Å²) in [6.45, 7) is 1.63. The molecule has 6 heteroatoms. The second kappa shape index (κ2) is 7.37. The SMILES string of the molecule is CC(=Nc1ccc(N(C)C)cc1)NC(=O)C1=CC(=O)c2ccccc2C1=O. The van der Waals surface area contributed by atoms with Crippen LogP contribution in [0.2, 0.25) is 0 Å². The highest BCUT2D eigenvalue weighted by molar-refractivity contribution is 6.35. The molecule has 1 amide bonds. The van der Waals surface area contributed by atoms with Crippen molar-refractivity contribution < 1.29 is 14.4 Å². The van der Waals surface area contributed by atoms with Gasteiger partial charge in [-0.15, -0.1) is 0 Å². The number of hydrogen-bond acceptors (Lipinski definition) is 5. The van der Waals surface area contributed by atoms with Crippen molar-refractivity contribution in [1.82, 2.24) is 5.32 Å². The summed E-state index contributed by atoms with van der Waals surface area (Å²) in [6, 6.07) is 13.9. The molecule has 6 nitrogen and oxygen atoms in total.